The highest BCUT2D eigenvalue weighted by Crippen LogP contribution is 2.22. The number of nitrogens with one attached hydrogen (secondary N) is 1. The van der Waals surface area contributed by atoms with E-state index in [1.54, 1.807) is 0 Å². The Morgan fingerprint density at radius 2 is 2.43 bits per heavy atom. The zero-order chi connectivity index (χ0) is 9.80. The summed E-state index contributed by atoms with van der Waals surface area (Å²) in [7, 11) is 0. The molecule has 1 aromatic carbocycles. The molecule has 1 heterocycles. The molecule has 0 aliphatic carbocycles. The highest BCUT2D eigenvalue weighted by Gasteiger charge is 2.13. The number of benzene rings is 1. The largest absolute Gasteiger partial charge is 0.399 e. The monoisotopic (exact) mass is 208 g/mol. The van der Waals surface area contributed by atoms with Crippen molar-refractivity contribution in [3.63, 3.8) is 0 Å². The Hall–Kier alpha value is -0.670. The van der Waals surface area contributed by atoms with Crippen molar-refractivity contribution in [2.45, 2.75) is 23.8 Å². The Bertz CT molecular complexity index is 295. The second kappa shape index (κ2) is 4.71. The maximum Gasteiger partial charge on any atom is 0.0325 e. The molecule has 1 saturated heterocycles. The number of thioether (sulfide) groups is 1. The molecule has 3 N–H and O–H groups in total. The molecule has 0 spiro atoms. The van der Waals surface area contributed by atoms with Gasteiger partial charge in [-0.2, -0.15) is 0 Å². The summed E-state index contributed by atoms with van der Waals surface area (Å²) in [6.07, 6.45) is 2.64. The third-order valence-electron chi connectivity index (χ3n) is 2.47. The number of nitrogen functional groups attached to an aromatic ring is 1. The third-order valence-corrected chi connectivity index (χ3v) is 3.63. The predicted molar refractivity (Wildman–Crippen MR) is 62.6 cm³/mol. The minimum absolute atomic E-state index is 0.696. The normalized spacial score (nSPS) is 21.3. The van der Waals surface area contributed by atoms with Gasteiger partial charge >= 0.3 is 0 Å². The number of anilines is 1. The molecular formula is C11H16N2S. The van der Waals surface area contributed by atoms with Crippen molar-refractivity contribution >= 4 is 17.4 Å². The van der Waals surface area contributed by atoms with E-state index < -0.39 is 0 Å². The second-order valence-electron chi connectivity index (χ2n) is 3.68. The van der Waals surface area contributed by atoms with Gasteiger partial charge < -0.3 is 11.1 Å². The summed E-state index contributed by atoms with van der Waals surface area (Å²) in [6.45, 7) is 1.18. The molecular weight excluding hydrogens is 192 g/mol. The van der Waals surface area contributed by atoms with E-state index in [0.29, 0.717) is 6.04 Å². The maximum atomic E-state index is 5.71. The van der Waals surface area contributed by atoms with Gasteiger partial charge in [0.25, 0.3) is 0 Å². The van der Waals surface area contributed by atoms with Crippen LogP contribution in [0, 0.1) is 0 Å². The first-order valence-electron chi connectivity index (χ1n) is 5.06. The predicted octanol–water partition coefficient (Wildman–Crippen LogP) is 2.11. The average Bonchev–Trinajstić information content (AvgIpc) is 2.67. The van der Waals surface area contributed by atoms with Crippen molar-refractivity contribution in [1.29, 1.82) is 0 Å². The molecule has 0 bridgehead atoms. The summed E-state index contributed by atoms with van der Waals surface area (Å²) < 4.78 is 0. The van der Waals surface area contributed by atoms with Gasteiger partial charge in [-0.1, -0.05) is 6.07 Å². The summed E-state index contributed by atoms with van der Waals surface area (Å²) >= 11 is 1.89. The van der Waals surface area contributed by atoms with E-state index in [0.717, 1.165) is 11.4 Å². The van der Waals surface area contributed by atoms with Crippen LogP contribution >= 0.6 is 11.8 Å². The number of hydrogen-bond acceptors (Lipinski definition) is 3. The fourth-order valence-corrected chi connectivity index (χ4v) is 2.77. The number of nitrogens with two attached hydrogens (primary N) is 1. The highest BCUT2D eigenvalue weighted by molar-refractivity contribution is 7.99. The molecule has 0 amide bonds. The van der Waals surface area contributed by atoms with Crippen LogP contribution in [0.1, 0.15) is 12.8 Å². The molecule has 1 aliphatic rings. The van der Waals surface area contributed by atoms with E-state index in [-0.39, 0.29) is 0 Å². The molecule has 2 nitrogen and oxygen atoms in total. The summed E-state index contributed by atoms with van der Waals surface area (Å²) in [6, 6.07) is 8.80. The topological polar surface area (TPSA) is 38.0 Å². The Morgan fingerprint density at radius 3 is 3.14 bits per heavy atom. The quantitative estimate of drug-likeness (QED) is 0.590. The summed E-state index contributed by atoms with van der Waals surface area (Å²) in [5, 5.41) is 3.49. The van der Waals surface area contributed by atoms with Crippen LogP contribution in [0.4, 0.5) is 5.69 Å². The van der Waals surface area contributed by atoms with Gasteiger partial charge in [-0.15, -0.1) is 11.8 Å². The van der Waals surface area contributed by atoms with E-state index >= 15 is 0 Å². The minimum Gasteiger partial charge on any atom is -0.399 e. The third kappa shape index (κ3) is 2.66. The number of hydrogen-bond donors (Lipinski definition) is 2. The molecule has 0 aromatic heterocycles. The molecule has 0 radical (unpaired) electrons. The van der Waals surface area contributed by atoms with Gasteiger partial charge in [0.15, 0.2) is 0 Å². The summed E-state index contributed by atoms with van der Waals surface area (Å²) in [4.78, 5) is 1.28. The Balaban J connectivity index is 1.85. The maximum absolute atomic E-state index is 5.71. The Kier molecular flexibility index (Phi) is 3.32. The van der Waals surface area contributed by atoms with Gasteiger partial charge in [-0.05, 0) is 37.6 Å². The van der Waals surface area contributed by atoms with E-state index in [4.69, 9.17) is 5.73 Å². The van der Waals surface area contributed by atoms with Crippen LogP contribution < -0.4 is 11.1 Å². The smallest absolute Gasteiger partial charge is 0.0325 e. The summed E-state index contributed by atoms with van der Waals surface area (Å²) in [5.74, 6) is 1.16. The van der Waals surface area contributed by atoms with Gasteiger partial charge in [0, 0.05) is 22.4 Å². The highest BCUT2D eigenvalue weighted by atomic mass is 32.2. The van der Waals surface area contributed by atoms with Crippen LogP contribution in [0.25, 0.3) is 0 Å². The second-order valence-corrected chi connectivity index (χ2v) is 4.77. The molecule has 0 unspecified atom stereocenters. The van der Waals surface area contributed by atoms with Gasteiger partial charge in [0.05, 0.1) is 0 Å². The van der Waals surface area contributed by atoms with E-state index in [1.807, 2.05) is 30.0 Å². The van der Waals surface area contributed by atoms with Crippen LogP contribution in [-0.2, 0) is 0 Å². The molecule has 1 atom stereocenters. The van der Waals surface area contributed by atoms with Gasteiger partial charge in [0.1, 0.15) is 0 Å². The first kappa shape index (κ1) is 9.87. The zero-order valence-electron chi connectivity index (χ0n) is 8.20. The van der Waals surface area contributed by atoms with E-state index in [2.05, 4.69) is 11.4 Å². The van der Waals surface area contributed by atoms with Crippen LogP contribution in [0.2, 0.25) is 0 Å². The minimum atomic E-state index is 0.696. The van der Waals surface area contributed by atoms with Crippen molar-refractivity contribution in [2.75, 3.05) is 18.0 Å². The van der Waals surface area contributed by atoms with Crippen molar-refractivity contribution in [1.82, 2.24) is 5.32 Å². The van der Waals surface area contributed by atoms with Gasteiger partial charge in [-0.3, -0.25) is 0 Å². The lowest BCUT2D eigenvalue weighted by atomic mass is 10.3. The molecule has 1 aliphatic heterocycles. The molecule has 14 heavy (non-hydrogen) atoms. The van der Waals surface area contributed by atoms with Crippen LogP contribution in [0.5, 0.6) is 0 Å². The van der Waals surface area contributed by atoms with Gasteiger partial charge in [0.2, 0.25) is 0 Å². The Morgan fingerprint density at radius 1 is 1.50 bits per heavy atom. The van der Waals surface area contributed by atoms with Crippen molar-refractivity contribution in [3.8, 4) is 0 Å². The average molecular weight is 208 g/mol. The standard InChI is InChI=1S/C11H16N2S/c12-9-3-1-5-11(7-9)14-8-10-4-2-6-13-10/h1,3,5,7,10,13H,2,4,6,8,12H2/t10-/m1/s1. The van der Waals surface area contributed by atoms with Crippen molar-refractivity contribution in [2.24, 2.45) is 0 Å². The van der Waals surface area contributed by atoms with E-state index in [9.17, 15) is 0 Å². The fraction of sp³-hybridized carbons (Fsp3) is 0.455. The molecule has 1 fully saturated rings. The summed E-state index contributed by atoms with van der Waals surface area (Å²) in [5.41, 5.74) is 6.57. The Labute approximate surface area is 89.3 Å². The zero-order valence-corrected chi connectivity index (χ0v) is 9.02. The first-order chi connectivity index (χ1) is 6.84. The van der Waals surface area contributed by atoms with E-state index in [1.165, 1.54) is 24.3 Å². The SMILES string of the molecule is Nc1cccc(SC[C@H]2CCCN2)c1. The van der Waals surface area contributed by atoms with Crippen LogP contribution in [-0.4, -0.2) is 18.3 Å². The lowest BCUT2D eigenvalue weighted by Gasteiger charge is -2.09. The number of rotatable bonds is 3. The van der Waals surface area contributed by atoms with Crippen molar-refractivity contribution < 1.29 is 0 Å². The van der Waals surface area contributed by atoms with Crippen LogP contribution in [0.3, 0.4) is 0 Å². The first-order valence-corrected chi connectivity index (χ1v) is 6.05. The van der Waals surface area contributed by atoms with Crippen LogP contribution in [0.15, 0.2) is 29.2 Å². The fourth-order valence-electron chi connectivity index (χ4n) is 1.70. The lowest BCUT2D eigenvalue weighted by Crippen LogP contribution is -2.23. The van der Waals surface area contributed by atoms with Gasteiger partial charge in [-0.25, -0.2) is 0 Å². The lowest BCUT2D eigenvalue weighted by molar-refractivity contribution is 0.674. The molecule has 1 aromatic rings. The molecule has 76 valence electrons. The van der Waals surface area contributed by atoms with Crippen molar-refractivity contribution in [3.05, 3.63) is 24.3 Å². The molecule has 0 saturated carbocycles. The molecule has 3 heteroatoms. The molecule has 2 rings (SSSR count).